The largest absolute Gasteiger partial charge is 0.505 e. The molecule has 1 aliphatic rings. The maximum atomic E-state index is 11.7. The summed E-state index contributed by atoms with van der Waals surface area (Å²) in [5, 5.41) is 11.8. The van der Waals surface area contributed by atoms with Crippen LogP contribution in [0.3, 0.4) is 0 Å². The summed E-state index contributed by atoms with van der Waals surface area (Å²) in [4.78, 5) is 24.5. The van der Waals surface area contributed by atoms with E-state index in [1.807, 2.05) is 64.0 Å². The van der Waals surface area contributed by atoms with Gasteiger partial charge in [0.1, 0.15) is 11.4 Å². The van der Waals surface area contributed by atoms with Crippen LogP contribution in [0.4, 0.5) is 11.4 Å². The number of anilines is 2. The van der Waals surface area contributed by atoms with Crippen molar-refractivity contribution in [2.75, 3.05) is 50.1 Å². The molecule has 3 aromatic rings. The van der Waals surface area contributed by atoms with Gasteiger partial charge in [0.15, 0.2) is 0 Å². The molecule has 41 heavy (non-hydrogen) atoms. The molecule has 2 heterocycles. The monoisotopic (exact) mass is 577 g/mol. The fraction of sp³-hybridized carbons (Fsp3) is 0.394. The van der Waals surface area contributed by atoms with Crippen LogP contribution in [-0.2, 0) is 4.79 Å². The van der Waals surface area contributed by atoms with Crippen LogP contribution in [0.2, 0.25) is 5.02 Å². The smallest absolute Gasteiger partial charge is 0.218 e. The minimum absolute atomic E-state index is 0.0962. The van der Waals surface area contributed by atoms with Gasteiger partial charge in [-0.3, -0.25) is 14.6 Å². The number of benzene rings is 2. The molecule has 1 amide bonds. The maximum Gasteiger partial charge on any atom is 0.218 e. The van der Waals surface area contributed by atoms with E-state index in [2.05, 4.69) is 42.7 Å². The SMILES string of the molecule is CC.Cc1cc(-c2ccc(N(C=O)/C=C\N(C)C)c(Cl)c2)c(O)c(-c2cccc(N3CCN(C(C)(C)C)CC3)c2)n1. The van der Waals surface area contributed by atoms with Crippen LogP contribution in [0.25, 0.3) is 22.4 Å². The topological polar surface area (TPSA) is 63.2 Å². The Kier molecular flexibility index (Phi) is 10.8. The van der Waals surface area contributed by atoms with Gasteiger partial charge in [0.25, 0.3) is 0 Å². The van der Waals surface area contributed by atoms with Gasteiger partial charge in [-0.15, -0.1) is 0 Å². The third-order valence-electron chi connectivity index (χ3n) is 7.01. The fourth-order valence-electron chi connectivity index (χ4n) is 4.83. The van der Waals surface area contributed by atoms with Crippen LogP contribution in [0.1, 0.15) is 40.3 Å². The second-order valence-electron chi connectivity index (χ2n) is 11.1. The van der Waals surface area contributed by atoms with E-state index >= 15 is 0 Å². The van der Waals surface area contributed by atoms with Crippen molar-refractivity contribution in [3.8, 4) is 28.1 Å². The lowest BCUT2D eigenvalue weighted by Crippen LogP contribution is -2.53. The molecule has 0 radical (unpaired) electrons. The minimum Gasteiger partial charge on any atom is -0.505 e. The summed E-state index contributed by atoms with van der Waals surface area (Å²) >= 11 is 6.61. The molecule has 1 N–H and O–H groups in total. The Morgan fingerprint density at radius 2 is 1.63 bits per heavy atom. The Hall–Kier alpha value is -3.55. The average molecular weight is 578 g/mol. The van der Waals surface area contributed by atoms with Crippen molar-refractivity contribution in [2.24, 2.45) is 0 Å². The second-order valence-corrected chi connectivity index (χ2v) is 11.6. The van der Waals surface area contributed by atoms with Crippen LogP contribution in [0.5, 0.6) is 5.75 Å². The van der Waals surface area contributed by atoms with Gasteiger partial charge in [0.05, 0.1) is 10.7 Å². The standard InChI is InChI=1S/C31H38ClN5O2.C2H6/c1-22-18-26(23-10-11-28(27(32)20-23)36(21-38)13-12-34(5)6)30(39)29(33-22)24-8-7-9-25(19-24)35-14-16-37(17-15-35)31(2,3)4;1-2/h7-13,18-21,39H,14-17H2,1-6H3;1-2H3/b13-12-;. The minimum atomic E-state index is 0.0962. The Labute approximate surface area is 250 Å². The third kappa shape index (κ3) is 7.80. The molecule has 8 heteroatoms. The highest BCUT2D eigenvalue weighted by Gasteiger charge is 2.26. The van der Waals surface area contributed by atoms with E-state index < -0.39 is 0 Å². The van der Waals surface area contributed by atoms with Crippen molar-refractivity contribution in [2.45, 2.75) is 47.1 Å². The van der Waals surface area contributed by atoms with Crippen LogP contribution < -0.4 is 9.80 Å². The Balaban J connectivity index is 0.00000226. The highest BCUT2D eigenvalue weighted by molar-refractivity contribution is 6.34. The lowest BCUT2D eigenvalue weighted by Gasteiger charge is -2.43. The number of piperazine rings is 1. The normalized spacial score (nSPS) is 14.0. The molecule has 0 unspecified atom stereocenters. The number of rotatable bonds is 7. The van der Waals surface area contributed by atoms with Crippen LogP contribution >= 0.6 is 11.6 Å². The molecule has 0 saturated carbocycles. The van der Waals surface area contributed by atoms with Crippen molar-refractivity contribution in [3.05, 3.63) is 71.6 Å². The molecule has 7 nitrogen and oxygen atoms in total. The number of nitrogens with zero attached hydrogens (tertiary/aromatic N) is 5. The quantitative estimate of drug-likeness (QED) is 0.304. The number of carbonyl (C=O) groups excluding carboxylic acids is 1. The zero-order valence-electron chi connectivity index (χ0n) is 25.6. The molecule has 2 aromatic carbocycles. The number of aromatic hydroxyl groups is 1. The second kappa shape index (κ2) is 13.9. The number of amides is 1. The summed E-state index contributed by atoms with van der Waals surface area (Å²) in [6.45, 7) is 16.6. The zero-order valence-corrected chi connectivity index (χ0v) is 26.4. The number of aromatic nitrogens is 1. The third-order valence-corrected chi connectivity index (χ3v) is 7.31. The molecular formula is C33H44ClN5O2. The molecule has 0 atom stereocenters. The van der Waals surface area contributed by atoms with Crippen molar-refractivity contribution >= 4 is 29.4 Å². The van der Waals surface area contributed by atoms with Gasteiger partial charge in [0, 0.05) is 80.7 Å². The predicted molar refractivity (Wildman–Crippen MR) is 173 cm³/mol. The summed E-state index contributed by atoms with van der Waals surface area (Å²) in [5.41, 5.74) is 5.39. The van der Waals surface area contributed by atoms with Gasteiger partial charge in [0.2, 0.25) is 6.41 Å². The Bertz CT molecular complexity index is 1360. The van der Waals surface area contributed by atoms with Crippen molar-refractivity contribution in [3.63, 3.8) is 0 Å². The Morgan fingerprint density at radius 3 is 2.22 bits per heavy atom. The van der Waals surface area contributed by atoms with Gasteiger partial charge in [-0.1, -0.05) is 43.6 Å². The number of halogens is 1. The molecule has 1 fully saturated rings. The average Bonchev–Trinajstić information content (AvgIpc) is 2.95. The molecule has 1 aromatic heterocycles. The van der Waals surface area contributed by atoms with Crippen molar-refractivity contribution in [1.82, 2.24) is 14.8 Å². The number of hydrogen-bond donors (Lipinski definition) is 1. The molecule has 4 rings (SSSR count). The number of aryl methyl sites for hydroxylation is 1. The van der Waals surface area contributed by atoms with E-state index in [-0.39, 0.29) is 11.3 Å². The van der Waals surface area contributed by atoms with E-state index in [1.54, 1.807) is 24.5 Å². The van der Waals surface area contributed by atoms with Gasteiger partial charge >= 0.3 is 0 Å². The molecule has 0 bridgehead atoms. The molecule has 1 saturated heterocycles. The van der Waals surface area contributed by atoms with E-state index in [0.717, 1.165) is 48.7 Å². The summed E-state index contributed by atoms with van der Waals surface area (Å²) in [6, 6.07) is 15.5. The first-order valence-electron chi connectivity index (χ1n) is 14.2. The van der Waals surface area contributed by atoms with Gasteiger partial charge in [-0.2, -0.15) is 0 Å². The van der Waals surface area contributed by atoms with Gasteiger partial charge < -0.3 is 14.9 Å². The van der Waals surface area contributed by atoms with Gasteiger partial charge in [-0.25, -0.2) is 4.98 Å². The van der Waals surface area contributed by atoms with E-state index in [0.29, 0.717) is 28.4 Å². The van der Waals surface area contributed by atoms with Crippen LogP contribution in [-0.4, -0.2) is 72.1 Å². The van der Waals surface area contributed by atoms with Crippen molar-refractivity contribution < 1.29 is 9.90 Å². The van der Waals surface area contributed by atoms with E-state index in [4.69, 9.17) is 16.6 Å². The summed E-state index contributed by atoms with van der Waals surface area (Å²) in [6.07, 6.45) is 4.13. The molecule has 0 spiro atoms. The first-order chi connectivity index (χ1) is 19.5. The highest BCUT2D eigenvalue weighted by Crippen LogP contribution is 2.40. The lowest BCUT2D eigenvalue weighted by atomic mass is 9.99. The fourth-order valence-corrected chi connectivity index (χ4v) is 5.11. The first kappa shape index (κ1) is 32.0. The number of pyridine rings is 1. The summed E-state index contributed by atoms with van der Waals surface area (Å²) < 4.78 is 0. The molecule has 0 aliphatic carbocycles. The number of hydrogen-bond acceptors (Lipinski definition) is 6. The predicted octanol–water partition coefficient (Wildman–Crippen LogP) is 7.03. The van der Waals surface area contributed by atoms with Gasteiger partial charge in [-0.05, 0) is 63.6 Å². The summed E-state index contributed by atoms with van der Waals surface area (Å²) in [5.74, 6) is 0.0962. The van der Waals surface area contributed by atoms with Crippen molar-refractivity contribution in [1.29, 1.82) is 0 Å². The highest BCUT2D eigenvalue weighted by atomic mass is 35.5. The molecule has 1 aliphatic heterocycles. The lowest BCUT2D eigenvalue weighted by molar-refractivity contribution is -0.106. The van der Waals surface area contributed by atoms with Crippen LogP contribution in [0, 0.1) is 6.92 Å². The first-order valence-corrected chi connectivity index (χ1v) is 14.5. The molecule has 220 valence electrons. The summed E-state index contributed by atoms with van der Waals surface area (Å²) in [7, 11) is 3.75. The molecular weight excluding hydrogens is 534 g/mol. The zero-order chi connectivity index (χ0) is 30.3. The van der Waals surface area contributed by atoms with Crippen LogP contribution in [0.15, 0.2) is 60.9 Å². The number of carbonyl (C=O) groups is 1. The maximum absolute atomic E-state index is 11.7. The van der Waals surface area contributed by atoms with E-state index in [9.17, 15) is 9.90 Å². The Morgan fingerprint density at radius 1 is 0.951 bits per heavy atom. The van der Waals surface area contributed by atoms with E-state index in [1.165, 1.54) is 4.90 Å².